The molecular formula is C17H20N4O3S2. The first-order valence-corrected chi connectivity index (χ1v) is 10.7. The summed E-state index contributed by atoms with van der Waals surface area (Å²) in [5.41, 5.74) is 6.46. The van der Waals surface area contributed by atoms with Gasteiger partial charge in [-0.3, -0.25) is 15.6 Å². The van der Waals surface area contributed by atoms with Gasteiger partial charge in [-0.2, -0.15) is 0 Å². The summed E-state index contributed by atoms with van der Waals surface area (Å²) >= 11 is 1.56. The first-order valence-electron chi connectivity index (χ1n) is 8.25. The summed E-state index contributed by atoms with van der Waals surface area (Å²) in [5.74, 6) is 0.582. The maximum atomic E-state index is 12.2. The van der Waals surface area contributed by atoms with E-state index in [-0.39, 0.29) is 16.8 Å². The van der Waals surface area contributed by atoms with E-state index in [1.807, 2.05) is 6.92 Å². The summed E-state index contributed by atoms with van der Waals surface area (Å²) in [6.45, 7) is 2.02. The van der Waals surface area contributed by atoms with E-state index in [4.69, 9.17) is 0 Å². The normalized spacial score (nSPS) is 14.0. The van der Waals surface area contributed by atoms with Crippen molar-refractivity contribution in [3.63, 3.8) is 0 Å². The van der Waals surface area contributed by atoms with E-state index in [2.05, 4.69) is 20.6 Å². The predicted molar refractivity (Wildman–Crippen MR) is 102 cm³/mol. The van der Waals surface area contributed by atoms with E-state index in [1.165, 1.54) is 12.1 Å². The number of nitrogens with zero attached hydrogens (tertiary/aromatic N) is 1. The Morgan fingerprint density at radius 3 is 2.62 bits per heavy atom. The molecule has 138 valence electrons. The molecule has 1 heterocycles. The van der Waals surface area contributed by atoms with Crippen molar-refractivity contribution < 1.29 is 13.2 Å². The van der Waals surface area contributed by atoms with Gasteiger partial charge >= 0.3 is 0 Å². The molecule has 0 unspecified atom stereocenters. The quantitative estimate of drug-likeness (QED) is 0.471. The highest BCUT2D eigenvalue weighted by Crippen LogP contribution is 2.22. The molecule has 1 fully saturated rings. The molecule has 3 N–H and O–H groups in total. The first-order chi connectivity index (χ1) is 12.5. The van der Waals surface area contributed by atoms with Crippen molar-refractivity contribution in [2.24, 2.45) is 0 Å². The molecule has 0 spiro atoms. The minimum atomic E-state index is -3.47. The van der Waals surface area contributed by atoms with Crippen molar-refractivity contribution >= 4 is 33.4 Å². The Kier molecular flexibility index (Phi) is 5.80. The van der Waals surface area contributed by atoms with E-state index in [0.29, 0.717) is 11.3 Å². The number of thioether (sulfide) groups is 1. The van der Waals surface area contributed by atoms with Crippen LogP contribution >= 0.6 is 11.8 Å². The lowest BCUT2D eigenvalue weighted by molar-refractivity contribution is 0.0962. The van der Waals surface area contributed by atoms with Crippen LogP contribution in [0.3, 0.4) is 0 Å². The van der Waals surface area contributed by atoms with Gasteiger partial charge in [0.25, 0.3) is 5.91 Å². The van der Waals surface area contributed by atoms with Gasteiger partial charge in [0, 0.05) is 17.8 Å². The van der Waals surface area contributed by atoms with Crippen molar-refractivity contribution in [2.45, 2.75) is 35.7 Å². The van der Waals surface area contributed by atoms with E-state index in [0.717, 1.165) is 23.6 Å². The summed E-state index contributed by atoms with van der Waals surface area (Å²) in [7, 11) is -3.47. The molecule has 7 nitrogen and oxygen atoms in total. The van der Waals surface area contributed by atoms with Gasteiger partial charge < -0.3 is 0 Å². The summed E-state index contributed by atoms with van der Waals surface area (Å²) in [6, 6.07) is 9.64. The van der Waals surface area contributed by atoms with Crippen LogP contribution in [0.5, 0.6) is 0 Å². The molecule has 9 heteroatoms. The number of nitrogens with one attached hydrogen (secondary N) is 3. The third-order valence-corrected chi connectivity index (χ3v) is 6.02. The number of pyridine rings is 1. The molecule has 1 aliphatic carbocycles. The average molecular weight is 393 g/mol. The average Bonchev–Trinajstić information content (AvgIpc) is 3.44. The van der Waals surface area contributed by atoms with Crippen molar-refractivity contribution in [1.82, 2.24) is 15.1 Å². The zero-order valence-electron chi connectivity index (χ0n) is 14.2. The van der Waals surface area contributed by atoms with Crippen molar-refractivity contribution in [1.29, 1.82) is 0 Å². The fourth-order valence-electron chi connectivity index (χ4n) is 2.18. The molecule has 0 atom stereocenters. The van der Waals surface area contributed by atoms with Crippen LogP contribution in [0, 0.1) is 0 Å². The fraction of sp³-hybridized carbons (Fsp3) is 0.294. The maximum absolute atomic E-state index is 12.2. The van der Waals surface area contributed by atoms with Gasteiger partial charge in [-0.1, -0.05) is 6.92 Å². The molecule has 3 rings (SSSR count). The third-order valence-electron chi connectivity index (χ3n) is 3.67. The van der Waals surface area contributed by atoms with E-state index < -0.39 is 10.0 Å². The summed E-state index contributed by atoms with van der Waals surface area (Å²) in [4.78, 5) is 16.6. The smallest absolute Gasteiger partial charge is 0.269 e. The second-order valence-corrected chi connectivity index (χ2v) is 8.81. The van der Waals surface area contributed by atoms with Crippen LogP contribution in [-0.4, -0.2) is 31.1 Å². The van der Waals surface area contributed by atoms with E-state index in [1.54, 1.807) is 42.2 Å². The molecule has 1 amide bonds. The van der Waals surface area contributed by atoms with Crippen LogP contribution in [0.4, 0.5) is 5.69 Å². The fourth-order valence-corrected chi connectivity index (χ4v) is 4.13. The highest BCUT2D eigenvalue weighted by Gasteiger charge is 2.27. The summed E-state index contributed by atoms with van der Waals surface area (Å²) in [5, 5.41) is 0.790. The largest absolute Gasteiger partial charge is 0.298 e. The lowest BCUT2D eigenvalue weighted by Gasteiger charge is -2.10. The summed E-state index contributed by atoms with van der Waals surface area (Å²) < 4.78 is 26.9. The number of sulfonamides is 1. The molecule has 0 saturated heterocycles. The molecule has 2 aromatic rings. The zero-order chi connectivity index (χ0) is 18.6. The Hall–Kier alpha value is -2.10. The standard InChI is InChI=1S/C17H20N4O3S2/c1-2-25-16-11-12(9-10-18-16)17(22)20-19-13-5-7-15(8-6-13)26(23,24)21-14-3-4-14/h5-11,14,19,21H,2-4H2,1H3,(H,20,22). The van der Waals surface area contributed by atoms with Crippen LogP contribution in [0.1, 0.15) is 30.1 Å². The van der Waals surface area contributed by atoms with Crippen LogP contribution in [0.15, 0.2) is 52.5 Å². The van der Waals surface area contributed by atoms with Crippen LogP contribution < -0.4 is 15.6 Å². The van der Waals surface area contributed by atoms with Crippen LogP contribution in [-0.2, 0) is 10.0 Å². The summed E-state index contributed by atoms with van der Waals surface area (Å²) in [6.07, 6.45) is 3.37. The molecule has 0 bridgehead atoms. The van der Waals surface area contributed by atoms with Crippen molar-refractivity contribution in [2.75, 3.05) is 11.2 Å². The minimum absolute atomic E-state index is 0.0632. The van der Waals surface area contributed by atoms with Gasteiger partial charge in [-0.05, 0) is 55.0 Å². The van der Waals surface area contributed by atoms with E-state index >= 15 is 0 Å². The molecule has 0 aliphatic heterocycles. The second kappa shape index (κ2) is 8.07. The van der Waals surface area contributed by atoms with Gasteiger partial charge in [-0.15, -0.1) is 11.8 Å². The number of amides is 1. The van der Waals surface area contributed by atoms with Gasteiger partial charge in [0.15, 0.2) is 0 Å². The number of hydrazine groups is 1. The number of carbonyl (C=O) groups excluding carboxylic acids is 1. The number of anilines is 1. The van der Waals surface area contributed by atoms with Gasteiger partial charge in [0.1, 0.15) is 0 Å². The zero-order valence-corrected chi connectivity index (χ0v) is 15.9. The minimum Gasteiger partial charge on any atom is -0.298 e. The number of benzene rings is 1. The van der Waals surface area contributed by atoms with Crippen molar-refractivity contribution in [3.05, 3.63) is 48.2 Å². The Labute approximate surface area is 157 Å². The monoisotopic (exact) mass is 392 g/mol. The molecular weight excluding hydrogens is 372 g/mol. The first kappa shape index (κ1) is 18.7. The number of aromatic nitrogens is 1. The highest BCUT2D eigenvalue weighted by molar-refractivity contribution is 7.99. The van der Waals surface area contributed by atoms with Gasteiger partial charge in [0.2, 0.25) is 10.0 Å². The second-order valence-electron chi connectivity index (χ2n) is 5.81. The molecule has 1 saturated carbocycles. The molecule has 1 aromatic carbocycles. The topological polar surface area (TPSA) is 100 Å². The Bertz CT molecular complexity index is 881. The number of hydrogen-bond donors (Lipinski definition) is 3. The Morgan fingerprint density at radius 1 is 1.23 bits per heavy atom. The van der Waals surface area contributed by atoms with Crippen LogP contribution in [0.25, 0.3) is 0 Å². The van der Waals surface area contributed by atoms with Crippen molar-refractivity contribution in [3.8, 4) is 0 Å². The van der Waals surface area contributed by atoms with Gasteiger partial charge in [-0.25, -0.2) is 18.1 Å². The number of hydrogen-bond acceptors (Lipinski definition) is 6. The SMILES string of the molecule is CCSc1cc(C(=O)NNc2ccc(S(=O)(=O)NC3CC3)cc2)ccn1. The lowest BCUT2D eigenvalue weighted by atomic mass is 10.2. The third kappa shape index (κ3) is 4.96. The maximum Gasteiger partial charge on any atom is 0.269 e. The van der Waals surface area contributed by atoms with E-state index in [9.17, 15) is 13.2 Å². The van der Waals surface area contributed by atoms with Gasteiger partial charge in [0.05, 0.1) is 15.6 Å². The Morgan fingerprint density at radius 2 is 1.96 bits per heavy atom. The molecule has 0 radical (unpaired) electrons. The molecule has 1 aromatic heterocycles. The number of carbonyl (C=O) groups is 1. The van der Waals surface area contributed by atoms with Crippen LogP contribution in [0.2, 0.25) is 0 Å². The lowest BCUT2D eigenvalue weighted by Crippen LogP contribution is -2.29. The molecule has 1 aliphatic rings. The number of rotatable bonds is 8. The molecule has 26 heavy (non-hydrogen) atoms. The predicted octanol–water partition coefficient (Wildman–Crippen LogP) is 2.39. The highest BCUT2D eigenvalue weighted by atomic mass is 32.2. The Balaban J connectivity index is 1.59.